The van der Waals surface area contributed by atoms with Crippen LogP contribution in [0.3, 0.4) is 0 Å². The molecule has 6 heteroatoms. The van der Waals surface area contributed by atoms with E-state index in [1.807, 2.05) is 18.2 Å². The van der Waals surface area contributed by atoms with Crippen LogP contribution >= 0.6 is 0 Å². The Labute approximate surface area is 123 Å². The monoisotopic (exact) mass is 287 g/mol. The fraction of sp³-hybridized carbons (Fsp3) is 0.333. The Hall–Kier alpha value is -2.52. The summed E-state index contributed by atoms with van der Waals surface area (Å²) in [5, 5.41) is 3.91. The minimum Gasteiger partial charge on any atom is -0.493 e. The van der Waals surface area contributed by atoms with E-state index in [2.05, 4.69) is 16.1 Å². The fourth-order valence-corrected chi connectivity index (χ4v) is 1.88. The van der Waals surface area contributed by atoms with Crippen LogP contribution < -0.4 is 15.2 Å². The molecule has 21 heavy (non-hydrogen) atoms. The normalized spacial score (nSPS) is 11.7. The number of terminal acetylenes is 1. The number of rotatable bonds is 6. The second-order valence-corrected chi connectivity index (χ2v) is 4.43. The highest BCUT2D eigenvalue weighted by atomic mass is 16.5. The topological polar surface area (TPSA) is 83.4 Å². The van der Waals surface area contributed by atoms with Crippen molar-refractivity contribution < 1.29 is 14.0 Å². The predicted octanol–water partition coefficient (Wildman–Crippen LogP) is 1.70. The van der Waals surface area contributed by atoms with Gasteiger partial charge in [-0.15, -0.1) is 12.3 Å². The van der Waals surface area contributed by atoms with Crippen molar-refractivity contribution in [1.82, 2.24) is 10.1 Å². The minimum atomic E-state index is -0.429. The van der Waals surface area contributed by atoms with Gasteiger partial charge >= 0.3 is 0 Å². The smallest absolute Gasteiger partial charge is 0.244 e. The number of hydrogen-bond donors (Lipinski definition) is 1. The van der Waals surface area contributed by atoms with Gasteiger partial charge in [-0.3, -0.25) is 0 Å². The molecule has 110 valence electrons. The summed E-state index contributed by atoms with van der Waals surface area (Å²) in [6, 6.07) is 5.19. The Balaban J connectivity index is 2.13. The van der Waals surface area contributed by atoms with E-state index in [0.717, 1.165) is 5.56 Å². The standard InChI is InChI=1S/C15H17N3O3/c1-4-5-11(16)15-17-14(18-21-15)9-10-6-7-12(19-2)13(8-10)20-3/h1,6-8,11H,5,9,16H2,2-3H3. The van der Waals surface area contributed by atoms with Gasteiger partial charge in [-0.05, 0) is 17.7 Å². The van der Waals surface area contributed by atoms with Gasteiger partial charge in [0, 0.05) is 12.8 Å². The highest BCUT2D eigenvalue weighted by molar-refractivity contribution is 5.43. The van der Waals surface area contributed by atoms with Crippen LogP contribution in [0.1, 0.15) is 29.7 Å². The molecule has 0 saturated heterocycles. The number of nitrogens with two attached hydrogens (primary N) is 1. The molecule has 0 aliphatic rings. The lowest BCUT2D eigenvalue weighted by Crippen LogP contribution is -2.09. The van der Waals surface area contributed by atoms with E-state index in [9.17, 15) is 0 Å². The van der Waals surface area contributed by atoms with Gasteiger partial charge in [0.25, 0.3) is 0 Å². The summed E-state index contributed by atoms with van der Waals surface area (Å²) in [7, 11) is 3.18. The van der Waals surface area contributed by atoms with Crippen molar-refractivity contribution in [3.05, 3.63) is 35.5 Å². The van der Waals surface area contributed by atoms with Gasteiger partial charge in [-0.1, -0.05) is 11.2 Å². The molecule has 2 N–H and O–H groups in total. The molecule has 0 amide bonds. The highest BCUT2D eigenvalue weighted by Crippen LogP contribution is 2.28. The quantitative estimate of drug-likeness (QED) is 0.814. The first-order valence-corrected chi connectivity index (χ1v) is 6.40. The molecule has 1 heterocycles. The Morgan fingerprint density at radius 2 is 2.10 bits per heavy atom. The second kappa shape index (κ2) is 6.77. The summed E-state index contributed by atoms with van der Waals surface area (Å²) < 4.78 is 15.6. The van der Waals surface area contributed by atoms with Gasteiger partial charge in [-0.25, -0.2) is 0 Å². The zero-order valence-corrected chi connectivity index (χ0v) is 12.0. The second-order valence-electron chi connectivity index (χ2n) is 4.43. The number of nitrogens with zero attached hydrogens (tertiary/aromatic N) is 2. The molecule has 2 aromatic rings. The van der Waals surface area contributed by atoms with Crippen molar-refractivity contribution in [3.8, 4) is 23.8 Å². The van der Waals surface area contributed by atoms with Gasteiger partial charge in [0.1, 0.15) is 0 Å². The number of methoxy groups -OCH3 is 2. The van der Waals surface area contributed by atoms with Gasteiger partial charge in [0.05, 0.1) is 20.3 Å². The van der Waals surface area contributed by atoms with Crippen LogP contribution in [0.2, 0.25) is 0 Å². The van der Waals surface area contributed by atoms with Crippen LogP contribution in [0, 0.1) is 12.3 Å². The molecule has 0 bridgehead atoms. The van der Waals surface area contributed by atoms with E-state index in [1.54, 1.807) is 14.2 Å². The number of aromatic nitrogens is 2. The Morgan fingerprint density at radius 1 is 1.33 bits per heavy atom. The van der Waals surface area contributed by atoms with Crippen molar-refractivity contribution in [1.29, 1.82) is 0 Å². The van der Waals surface area contributed by atoms with Crippen molar-refractivity contribution in [2.45, 2.75) is 18.9 Å². The van der Waals surface area contributed by atoms with E-state index in [1.165, 1.54) is 0 Å². The molecule has 1 aromatic carbocycles. The van der Waals surface area contributed by atoms with Gasteiger partial charge < -0.3 is 19.7 Å². The largest absolute Gasteiger partial charge is 0.493 e. The third kappa shape index (κ3) is 3.52. The van der Waals surface area contributed by atoms with Gasteiger partial charge in [0.15, 0.2) is 17.3 Å². The zero-order chi connectivity index (χ0) is 15.2. The molecule has 0 aliphatic heterocycles. The lowest BCUT2D eigenvalue weighted by atomic mass is 10.1. The Bertz CT molecular complexity index is 646. The SMILES string of the molecule is C#CCC(N)c1nc(Cc2ccc(OC)c(OC)c2)no1. The maximum Gasteiger partial charge on any atom is 0.244 e. The first-order valence-electron chi connectivity index (χ1n) is 6.40. The Morgan fingerprint density at radius 3 is 2.76 bits per heavy atom. The molecule has 0 spiro atoms. The number of ether oxygens (including phenoxy) is 2. The maximum absolute atomic E-state index is 5.82. The van der Waals surface area contributed by atoms with Crippen molar-refractivity contribution in [3.63, 3.8) is 0 Å². The van der Waals surface area contributed by atoms with Gasteiger partial charge in [0.2, 0.25) is 5.89 Å². The molecule has 0 aliphatic carbocycles. The average Bonchev–Trinajstić information content (AvgIpc) is 2.96. The molecule has 0 fully saturated rings. The summed E-state index contributed by atoms with van der Waals surface area (Å²) in [6.07, 6.45) is 6.08. The van der Waals surface area contributed by atoms with E-state index in [0.29, 0.717) is 36.1 Å². The minimum absolute atomic E-state index is 0.350. The van der Waals surface area contributed by atoms with Crippen LogP contribution in [0.15, 0.2) is 22.7 Å². The summed E-state index contributed by atoms with van der Waals surface area (Å²) in [5.74, 6) is 4.69. The van der Waals surface area contributed by atoms with Crippen molar-refractivity contribution >= 4 is 0 Å². The molecular formula is C15H17N3O3. The lowest BCUT2D eigenvalue weighted by Gasteiger charge is -2.08. The van der Waals surface area contributed by atoms with Gasteiger partial charge in [-0.2, -0.15) is 4.98 Å². The first-order chi connectivity index (χ1) is 10.2. The summed E-state index contributed by atoms with van der Waals surface area (Å²) >= 11 is 0. The van der Waals surface area contributed by atoms with Crippen LogP contribution in [-0.2, 0) is 6.42 Å². The van der Waals surface area contributed by atoms with Crippen molar-refractivity contribution in [2.24, 2.45) is 5.73 Å². The zero-order valence-electron chi connectivity index (χ0n) is 12.0. The van der Waals surface area contributed by atoms with E-state index in [-0.39, 0.29) is 0 Å². The fourth-order valence-electron chi connectivity index (χ4n) is 1.88. The van der Waals surface area contributed by atoms with E-state index >= 15 is 0 Å². The third-order valence-corrected chi connectivity index (χ3v) is 2.95. The third-order valence-electron chi connectivity index (χ3n) is 2.95. The summed E-state index contributed by atoms with van der Waals surface area (Å²) in [4.78, 5) is 4.25. The van der Waals surface area contributed by atoms with E-state index in [4.69, 9.17) is 26.2 Å². The van der Waals surface area contributed by atoms with Crippen molar-refractivity contribution in [2.75, 3.05) is 14.2 Å². The number of benzene rings is 1. The molecule has 6 nitrogen and oxygen atoms in total. The highest BCUT2D eigenvalue weighted by Gasteiger charge is 2.14. The van der Waals surface area contributed by atoms with Crippen LogP contribution in [0.4, 0.5) is 0 Å². The molecule has 1 unspecified atom stereocenters. The molecule has 1 aromatic heterocycles. The van der Waals surface area contributed by atoms with Crippen LogP contribution in [-0.4, -0.2) is 24.4 Å². The Kier molecular flexibility index (Phi) is 4.80. The maximum atomic E-state index is 5.82. The lowest BCUT2D eigenvalue weighted by molar-refractivity contribution is 0.352. The first kappa shape index (κ1) is 14.9. The van der Waals surface area contributed by atoms with Crippen LogP contribution in [0.5, 0.6) is 11.5 Å². The number of hydrogen-bond acceptors (Lipinski definition) is 6. The van der Waals surface area contributed by atoms with E-state index < -0.39 is 6.04 Å². The molecule has 1 atom stereocenters. The molecule has 0 saturated carbocycles. The summed E-state index contributed by atoms with van der Waals surface area (Å²) in [5.41, 5.74) is 6.80. The van der Waals surface area contributed by atoms with Crippen LogP contribution in [0.25, 0.3) is 0 Å². The predicted molar refractivity (Wildman–Crippen MR) is 77.0 cm³/mol. The summed E-state index contributed by atoms with van der Waals surface area (Å²) in [6.45, 7) is 0. The molecule has 2 rings (SSSR count). The molecule has 0 radical (unpaired) electrons. The average molecular weight is 287 g/mol. The molecular weight excluding hydrogens is 270 g/mol.